The highest BCUT2D eigenvalue weighted by molar-refractivity contribution is 7.71. The fraction of sp³-hybridized carbons (Fsp3) is 0.500. The van der Waals surface area contributed by atoms with Gasteiger partial charge in [-0.1, -0.05) is 20.8 Å². The van der Waals surface area contributed by atoms with E-state index in [4.69, 9.17) is 21.7 Å². The zero-order valence-corrected chi connectivity index (χ0v) is 18.3. The summed E-state index contributed by atoms with van der Waals surface area (Å²) in [7, 11) is 1.31. The van der Waals surface area contributed by atoms with Gasteiger partial charge in [-0.05, 0) is 48.8 Å². The van der Waals surface area contributed by atoms with E-state index in [0.717, 1.165) is 11.3 Å². The van der Waals surface area contributed by atoms with Gasteiger partial charge in [-0.2, -0.15) is 5.10 Å². The van der Waals surface area contributed by atoms with E-state index in [2.05, 4.69) is 15.5 Å². The fourth-order valence-corrected chi connectivity index (χ4v) is 3.03. The molecule has 0 spiro atoms. The van der Waals surface area contributed by atoms with E-state index >= 15 is 0 Å². The van der Waals surface area contributed by atoms with Gasteiger partial charge in [0.05, 0.1) is 13.7 Å². The first-order valence-electron chi connectivity index (χ1n) is 9.43. The van der Waals surface area contributed by atoms with Crippen LogP contribution in [-0.2, 0) is 20.9 Å². The van der Waals surface area contributed by atoms with Gasteiger partial charge < -0.3 is 14.8 Å². The molecule has 0 unspecified atom stereocenters. The first-order chi connectivity index (χ1) is 13.7. The summed E-state index contributed by atoms with van der Waals surface area (Å²) in [5.41, 5.74) is 0.380. The van der Waals surface area contributed by atoms with Gasteiger partial charge >= 0.3 is 5.97 Å². The van der Waals surface area contributed by atoms with Crippen molar-refractivity contribution in [2.45, 2.75) is 46.7 Å². The molecule has 0 saturated heterocycles. The number of benzene rings is 1. The van der Waals surface area contributed by atoms with Crippen LogP contribution in [0.4, 0.5) is 0 Å². The summed E-state index contributed by atoms with van der Waals surface area (Å²) >= 11 is 5.31. The van der Waals surface area contributed by atoms with E-state index in [1.54, 1.807) is 4.57 Å². The zero-order chi connectivity index (χ0) is 21.6. The van der Waals surface area contributed by atoms with E-state index in [9.17, 15) is 9.59 Å². The number of nitrogens with zero attached hydrogens (tertiary/aromatic N) is 2. The number of H-pyrrole nitrogens is 1. The number of hydrogen-bond donors (Lipinski definition) is 2. The highest BCUT2D eigenvalue weighted by Crippen LogP contribution is 2.22. The first-order valence-corrected chi connectivity index (χ1v) is 9.83. The van der Waals surface area contributed by atoms with Crippen LogP contribution in [0.25, 0.3) is 11.4 Å². The van der Waals surface area contributed by atoms with Gasteiger partial charge in [0.25, 0.3) is 0 Å². The fourth-order valence-electron chi connectivity index (χ4n) is 2.81. The van der Waals surface area contributed by atoms with Crippen molar-refractivity contribution in [3.8, 4) is 17.1 Å². The van der Waals surface area contributed by atoms with Crippen LogP contribution in [0.2, 0.25) is 0 Å². The minimum absolute atomic E-state index is 0.140. The van der Waals surface area contributed by atoms with E-state index < -0.39 is 17.4 Å². The summed E-state index contributed by atoms with van der Waals surface area (Å²) in [5, 5.41) is 9.81. The number of nitrogens with one attached hydrogen (secondary N) is 2. The minimum atomic E-state index is -0.733. The molecule has 1 aromatic carbocycles. The summed E-state index contributed by atoms with van der Waals surface area (Å²) < 4.78 is 12.4. The van der Waals surface area contributed by atoms with Gasteiger partial charge in [-0.15, -0.1) is 0 Å². The van der Waals surface area contributed by atoms with E-state index in [1.165, 1.54) is 7.11 Å². The van der Waals surface area contributed by atoms with Crippen molar-refractivity contribution in [1.29, 1.82) is 0 Å². The standard InChI is InChI=1S/C20H28N4O4S/c1-6-28-14-9-7-13(8-10-14)17-22-23-19(29)24(17)12-11-15(25)21-16(18(26)27-5)20(2,3)4/h7-10,16H,6,11-12H2,1-5H3,(H,21,25)(H,23,29)/t16-/m1/s1. The van der Waals surface area contributed by atoms with Crippen LogP contribution >= 0.6 is 12.2 Å². The summed E-state index contributed by atoms with van der Waals surface area (Å²) in [5.74, 6) is 0.662. The molecule has 29 heavy (non-hydrogen) atoms. The third-order valence-corrected chi connectivity index (χ3v) is 4.66. The van der Waals surface area contributed by atoms with Crippen molar-refractivity contribution in [1.82, 2.24) is 20.1 Å². The molecule has 158 valence electrons. The van der Waals surface area contributed by atoms with Crippen molar-refractivity contribution in [2.24, 2.45) is 5.41 Å². The second kappa shape index (κ2) is 9.69. The van der Waals surface area contributed by atoms with Crippen molar-refractivity contribution < 1.29 is 19.1 Å². The van der Waals surface area contributed by atoms with Crippen molar-refractivity contribution in [3.05, 3.63) is 29.0 Å². The Hall–Kier alpha value is -2.68. The molecule has 1 heterocycles. The Bertz CT molecular complexity index is 896. The Morgan fingerprint density at radius 2 is 1.93 bits per heavy atom. The predicted molar refractivity (Wildman–Crippen MR) is 112 cm³/mol. The third kappa shape index (κ3) is 5.90. The van der Waals surface area contributed by atoms with Crippen LogP contribution in [0.5, 0.6) is 5.75 Å². The predicted octanol–water partition coefficient (Wildman–Crippen LogP) is 3.10. The second-order valence-corrected chi connectivity index (χ2v) is 7.99. The minimum Gasteiger partial charge on any atom is -0.494 e. The lowest BCUT2D eigenvalue weighted by molar-refractivity contribution is -0.148. The van der Waals surface area contributed by atoms with Crippen LogP contribution < -0.4 is 10.1 Å². The monoisotopic (exact) mass is 420 g/mol. The van der Waals surface area contributed by atoms with Gasteiger partial charge in [0, 0.05) is 18.5 Å². The van der Waals surface area contributed by atoms with E-state index in [-0.39, 0.29) is 12.3 Å². The number of carbonyl (C=O) groups excluding carboxylic acids is 2. The van der Waals surface area contributed by atoms with Gasteiger partial charge in [0.1, 0.15) is 11.8 Å². The lowest BCUT2D eigenvalue weighted by atomic mass is 9.86. The SMILES string of the molecule is CCOc1ccc(-c2n[nH]c(=S)n2CCC(=O)N[C@H](C(=O)OC)C(C)(C)C)cc1. The molecule has 1 amide bonds. The molecular formula is C20H28N4O4S. The molecule has 2 rings (SSSR count). The molecule has 0 aliphatic rings. The number of methoxy groups -OCH3 is 1. The summed E-state index contributed by atoms with van der Waals surface area (Å²) in [6.07, 6.45) is 0.140. The molecule has 2 N–H and O–H groups in total. The number of ether oxygens (including phenoxy) is 2. The summed E-state index contributed by atoms with van der Waals surface area (Å²) in [4.78, 5) is 24.5. The summed E-state index contributed by atoms with van der Waals surface area (Å²) in [6.45, 7) is 8.44. The number of amides is 1. The van der Waals surface area contributed by atoms with E-state index in [0.29, 0.717) is 23.7 Å². The Balaban J connectivity index is 2.11. The molecule has 0 aliphatic heterocycles. The first kappa shape index (κ1) is 22.6. The molecule has 0 saturated carbocycles. The van der Waals surface area contributed by atoms with Gasteiger partial charge in [0.2, 0.25) is 5.91 Å². The molecule has 2 aromatic rings. The Kier molecular flexibility index (Phi) is 7.55. The van der Waals surface area contributed by atoms with Crippen LogP contribution in [-0.4, -0.2) is 46.4 Å². The van der Waals surface area contributed by atoms with Crippen LogP contribution in [0.15, 0.2) is 24.3 Å². The highest BCUT2D eigenvalue weighted by Gasteiger charge is 2.33. The van der Waals surface area contributed by atoms with E-state index in [1.807, 2.05) is 52.0 Å². The van der Waals surface area contributed by atoms with Gasteiger partial charge in [-0.3, -0.25) is 14.5 Å². The van der Waals surface area contributed by atoms with Crippen molar-refractivity contribution >= 4 is 24.1 Å². The molecule has 9 heteroatoms. The smallest absolute Gasteiger partial charge is 0.328 e. The van der Waals surface area contributed by atoms with Crippen LogP contribution in [0.3, 0.4) is 0 Å². The second-order valence-electron chi connectivity index (χ2n) is 7.60. The molecule has 0 aliphatic carbocycles. The maximum atomic E-state index is 12.5. The zero-order valence-electron chi connectivity index (χ0n) is 17.4. The third-order valence-electron chi connectivity index (χ3n) is 4.35. The largest absolute Gasteiger partial charge is 0.494 e. The van der Waals surface area contributed by atoms with Crippen LogP contribution in [0.1, 0.15) is 34.1 Å². The van der Waals surface area contributed by atoms with Gasteiger partial charge in [-0.25, -0.2) is 4.79 Å². The van der Waals surface area contributed by atoms with Crippen molar-refractivity contribution in [2.75, 3.05) is 13.7 Å². The number of rotatable bonds is 8. The number of hydrogen-bond acceptors (Lipinski definition) is 6. The topological polar surface area (TPSA) is 98.2 Å². The molecule has 1 atom stereocenters. The molecule has 8 nitrogen and oxygen atoms in total. The average Bonchev–Trinajstić information content (AvgIpc) is 3.04. The quantitative estimate of drug-likeness (QED) is 0.503. The maximum absolute atomic E-state index is 12.5. The molecule has 0 radical (unpaired) electrons. The lowest BCUT2D eigenvalue weighted by Crippen LogP contribution is -2.49. The molecular weight excluding hydrogens is 392 g/mol. The summed E-state index contributed by atoms with van der Waals surface area (Å²) in [6, 6.07) is 6.76. The number of esters is 1. The van der Waals surface area contributed by atoms with Crippen LogP contribution in [0, 0.1) is 10.2 Å². The Morgan fingerprint density at radius 1 is 1.28 bits per heavy atom. The van der Waals surface area contributed by atoms with Crippen molar-refractivity contribution in [3.63, 3.8) is 0 Å². The molecule has 0 fully saturated rings. The Labute approximate surface area is 175 Å². The lowest BCUT2D eigenvalue weighted by Gasteiger charge is -2.29. The number of aromatic amines is 1. The number of aromatic nitrogens is 3. The van der Waals surface area contributed by atoms with Gasteiger partial charge in [0.15, 0.2) is 10.6 Å². The normalized spacial score (nSPS) is 12.3. The average molecular weight is 421 g/mol. The highest BCUT2D eigenvalue weighted by atomic mass is 32.1. The molecule has 1 aromatic heterocycles. The molecule has 0 bridgehead atoms. The Morgan fingerprint density at radius 3 is 2.48 bits per heavy atom. The number of carbonyl (C=O) groups is 2. The maximum Gasteiger partial charge on any atom is 0.328 e.